The highest BCUT2D eigenvalue weighted by Gasteiger charge is 2.64. The number of methoxy groups -OCH3 is 2. The molecule has 4 fully saturated rings. The second-order valence-corrected chi connectivity index (χ2v) is 12.2. The van der Waals surface area contributed by atoms with Crippen LogP contribution in [0, 0.1) is 52.3 Å². The van der Waals surface area contributed by atoms with Gasteiger partial charge in [0, 0.05) is 11.8 Å². The van der Waals surface area contributed by atoms with Crippen LogP contribution in [0.5, 0.6) is 0 Å². The molecule has 4 aliphatic rings. The Kier molecular flexibility index (Phi) is 7.21. The lowest BCUT2D eigenvalue weighted by atomic mass is 9.42. The van der Waals surface area contributed by atoms with Crippen LogP contribution in [0.25, 0.3) is 0 Å². The lowest BCUT2D eigenvalue weighted by molar-refractivity contribution is -0.172. The van der Waals surface area contributed by atoms with Gasteiger partial charge in [-0.15, -0.1) is 0 Å². The van der Waals surface area contributed by atoms with Crippen LogP contribution in [-0.2, 0) is 23.9 Å². The molecule has 0 amide bonds. The van der Waals surface area contributed by atoms with Gasteiger partial charge in [-0.05, 0) is 98.7 Å². The number of ketones is 1. The largest absolute Gasteiger partial charge is 0.468 e. The second kappa shape index (κ2) is 9.55. The molecule has 1 N–H and O–H groups in total. The zero-order valence-electron chi connectivity index (χ0n) is 21.7. The molecule has 0 bridgehead atoms. The van der Waals surface area contributed by atoms with Gasteiger partial charge in [0.2, 0.25) is 0 Å². The van der Waals surface area contributed by atoms with E-state index in [4.69, 9.17) is 9.47 Å². The van der Waals surface area contributed by atoms with Crippen molar-refractivity contribution in [2.45, 2.75) is 91.1 Å². The minimum atomic E-state index is -0.872. The molecule has 4 unspecified atom stereocenters. The third-order valence-electron chi connectivity index (χ3n) is 11.1. The summed E-state index contributed by atoms with van der Waals surface area (Å²) >= 11 is 0. The van der Waals surface area contributed by atoms with Crippen molar-refractivity contribution in [3.05, 3.63) is 0 Å². The monoisotopic (exact) mass is 476 g/mol. The van der Waals surface area contributed by atoms with Gasteiger partial charge in [-0.2, -0.15) is 0 Å². The molecule has 0 saturated heterocycles. The normalized spacial score (nSPS) is 43.6. The molecule has 0 radical (unpaired) electrons. The molecule has 192 valence electrons. The minimum Gasteiger partial charge on any atom is -0.468 e. The summed E-state index contributed by atoms with van der Waals surface area (Å²) in [5, 5.41) is 10.4. The molecular weight excluding hydrogens is 432 g/mol. The lowest BCUT2D eigenvalue weighted by Crippen LogP contribution is -2.60. The number of esters is 2. The van der Waals surface area contributed by atoms with Gasteiger partial charge in [-0.3, -0.25) is 14.4 Å². The lowest BCUT2D eigenvalue weighted by Gasteiger charge is -2.62. The number of hydrogen-bond acceptors (Lipinski definition) is 6. The summed E-state index contributed by atoms with van der Waals surface area (Å²) in [7, 11) is 2.62. The first-order valence-corrected chi connectivity index (χ1v) is 13.5. The van der Waals surface area contributed by atoms with Gasteiger partial charge < -0.3 is 14.6 Å². The number of rotatable bonds is 6. The topological polar surface area (TPSA) is 89.9 Å². The van der Waals surface area contributed by atoms with Crippen molar-refractivity contribution in [3.63, 3.8) is 0 Å². The maximum atomic E-state index is 14.0. The average Bonchev–Trinajstić information content (AvgIpc) is 3.16. The molecule has 0 heterocycles. The summed E-state index contributed by atoms with van der Waals surface area (Å²) in [4.78, 5) is 38.4. The molecule has 34 heavy (non-hydrogen) atoms. The third-order valence-corrected chi connectivity index (χ3v) is 11.1. The van der Waals surface area contributed by atoms with E-state index in [-0.39, 0.29) is 28.8 Å². The number of carbonyl (C=O) groups excluding carboxylic acids is 3. The Bertz CT molecular complexity index is 793. The molecule has 0 aromatic rings. The Labute approximate surface area is 204 Å². The van der Waals surface area contributed by atoms with E-state index in [1.54, 1.807) is 0 Å². The van der Waals surface area contributed by atoms with Crippen molar-refractivity contribution < 1.29 is 29.0 Å². The Morgan fingerprint density at radius 1 is 0.971 bits per heavy atom. The number of aliphatic hydroxyl groups is 1. The van der Waals surface area contributed by atoms with Crippen molar-refractivity contribution in [1.29, 1.82) is 0 Å². The molecule has 4 aliphatic carbocycles. The van der Waals surface area contributed by atoms with E-state index < -0.39 is 17.9 Å². The number of hydrogen-bond donors (Lipinski definition) is 1. The standard InChI is InChI=1S/C28H44O6/c1-6-18-22-15-17(29)11-13-28(22,3)21-12-14-27(2)16(8-10-20(27)23(21)24(18)30)7-9-19(25(31)33-4)26(32)34-5/h16-23,29H,6-15H2,1-5H3/t16?,17-,18-,20?,21?,22+,23?,27-,28-/m1/s1. The maximum Gasteiger partial charge on any atom is 0.320 e. The van der Waals surface area contributed by atoms with Crippen LogP contribution in [0.3, 0.4) is 0 Å². The quantitative estimate of drug-likeness (QED) is 0.446. The molecule has 6 nitrogen and oxygen atoms in total. The van der Waals surface area contributed by atoms with Crippen LogP contribution in [-0.4, -0.2) is 43.2 Å². The number of ether oxygens (including phenoxy) is 2. The summed E-state index contributed by atoms with van der Waals surface area (Å²) in [6.07, 6.45) is 8.72. The van der Waals surface area contributed by atoms with Crippen LogP contribution < -0.4 is 0 Å². The Morgan fingerprint density at radius 3 is 2.21 bits per heavy atom. The third kappa shape index (κ3) is 3.92. The van der Waals surface area contributed by atoms with Crippen molar-refractivity contribution in [1.82, 2.24) is 0 Å². The number of fused-ring (bicyclic) bond motifs is 5. The first-order valence-electron chi connectivity index (χ1n) is 13.5. The molecule has 6 heteroatoms. The van der Waals surface area contributed by atoms with E-state index in [1.165, 1.54) is 14.2 Å². The fourth-order valence-electron chi connectivity index (χ4n) is 9.20. The van der Waals surface area contributed by atoms with E-state index in [1.807, 2.05) is 0 Å². The van der Waals surface area contributed by atoms with Gasteiger partial charge in [0.25, 0.3) is 0 Å². The first kappa shape index (κ1) is 25.7. The van der Waals surface area contributed by atoms with Gasteiger partial charge in [-0.1, -0.05) is 20.8 Å². The van der Waals surface area contributed by atoms with Crippen molar-refractivity contribution in [2.24, 2.45) is 52.3 Å². The summed E-state index contributed by atoms with van der Waals surface area (Å²) in [6, 6.07) is 0. The Hall–Kier alpha value is -1.43. The highest BCUT2D eigenvalue weighted by atomic mass is 16.5. The summed E-state index contributed by atoms with van der Waals surface area (Å²) < 4.78 is 9.72. The predicted octanol–water partition coefficient (Wildman–Crippen LogP) is 4.56. The van der Waals surface area contributed by atoms with E-state index in [9.17, 15) is 19.5 Å². The van der Waals surface area contributed by atoms with Gasteiger partial charge in [0.1, 0.15) is 5.78 Å². The molecule has 0 spiro atoms. The molecule has 4 rings (SSSR count). The van der Waals surface area contributed by atoms with E-state index in [2.05, 4.69) is 20.8 Å². The van der Waals surface area contributed by atoms with Gasteiger partial charge >= 0.3 is 11.9 Å². The van der Waals surface area contributed by atoms with Crippen LogP contribution in [0.15, 0.2) is 0 Å². The van der Waals surface area contributed by atoms with E-state index >= 15 is 0 Å². The van der Waals surface area contributed by atoms with Crippen LogP contribution in [0.1, 0.15) is 85.0 Å². The molecule has 0 aromatic heterocycles. The van der Waals surface area contributed by atoms with Crippen LogP contribution >= 0.6 is 0 Å². The van der Waals surface area contributed by atoms with Gasteiger partial charge in [-0.25, -0.2) is 0 Å². The summed E-state index contributed by atoms with van der Waals surface area (Å²) in [5.74, 6) is 0.189. The molecule has 9 atom stereocenters. The predicted molar refractivity (Wildman–Crippen MR) is 128 cm³/mol. The number of aliphatic hydroxyl groups excluding tert-OH is 1. The zero-order valence-corrected chi connectivity index (χ0v) is 21.7. The smallest absolute Gasteiger partial charge is 0.320 e. The summed E-state index contributed by atoms with van der Waals surface area (Å²) in [5.41, 5.74) is 0.196. The van der Waals surface area contributed by atoms with Crippen molar-refractivity contribution in [3.8, 4) is 0 Å². The van der Waals surface area contributed by atoms with Crippen molar-refractivity contribution in [2.75, 3.05) is 14.2 Å². The highest BCUT2D eigenvalue weighted by Crippen LogP contribution is 2.68. The molecule has 0 aliphatic heterocycles. The maximum absolute atomic E-state index is 14.0. The van der Waals surface area contributed by atoms with Crippen molar-refractivity contribution >= 4 is 17.7 Å². The second-order valence-electron chi connectivity index (χ2n) is 12.2. The van der Waals surface area contributed by atoms with Crippen LogP contribution in [0.2, 0.25) is 0 Å². The fourth-order valence-corrected chi connectivity index (χ4v) is 9.20. The van der Waals surface area contributed by atoms with E-state index in [0.29, 0.717) is 35.9 Å². The van der Waals surface area contributed by atoms with Crippen LogP contribution in [0.4, 0.5) is 0 Å². The minimum absolute atomic E-state index is 0.0588. The summed E-state index contributed by atoms with van der Waals surface area (Å²) in [6.45, 7) is 6.93. The molecular formula is C28H44O6. The van der Waals surface area contributed by atoms with E-state index in [0.717, 1.165) is 57.8 Å². The Balaban J connectivity index is 1.56. The molecule has 4 saturated carbocycles. The number of Topliss-reactive ketones (excluding diaryl/α,β-unsaturated/α-hetero) is 1. The zero-order chi connectivity index (χ0) is 24.8. The van der Waals surface area contributed by atoms with Gasteiger partial charge in [0.15, 0.2) is 5.92 Å². The molecule has 0 aromatic carbocycles. The highest BCUT2D eigenvalue weighted by molar-refractivity contribution is 5.94. The Morgan fingerprint density at radius 2 is 1.59 bits per heavy atom. The number of carbonyl (C=O) groups is 3. The first-order chi connectivity index (χ1) is 16.1. The van der Waals surface area contributed by atoms with Gasteiger partial charge in [0.05, 0.1) is 20.3 Å². The average molecular weight is 477 g/mol. The fraction of sp³-hybridized carbons (Fsp3) is 0.893. The SMILES string of the molecule is CC[C@H]1C(=O)C2C3CCC(CCC(C(=O)OC)C(=O)OC)[C@@]3(C)CCC2[C@@]2(C)CC[C@@H](O)C[C@@H]12.